The van der Waals surface area contributed by atoms with E-state index in [0.717, 1.165) is 6.20 Å². The number of hydrogen-bond donors (Lipinski definition) is 3. The molecule has 2 aromatic rings. The molecule has 0 aliphatic carbocycles. The predicted octanol–water partition coefficient (Wildman–Crippen LogP) is 1.97. The molecule has 10 heteroatoms. The molecule has 0 atom stereocenters. The topological polar surface area (TPSA) is 151 Å². The van der Waals surface area contributed by atoms with Gasteiger partial charge in [0.2, 0.25) is 10.0 Å². The van der Waals surface area contributed by atoms with Gasteiger partial charge >= 0.3 is 5.97 Å². The van der Waals surface area contributed by atoms with Crippen molar-refractivity contribution in [2.45, 2.75) is 11.8 Å². The van der Waals surface area contributed by atoms with Gasteiger partial charge in [-0.25, -0.2) is 18.4 Å². The first kappa shape index (κ1) is 21.6. The Morgan fingerprint density at radius 3 is 2.41 bits per heavy atom. The number of sulfonamides is 1. The first-order valence-electron chi connectivity index (χ1n) is 8.33. The minimum atomic E-state index is -3.82. The second-order valence-electron chi connectivity index (χ2n) is 5.60. The van der Waals surface area contributed by atoms with Crippen molar-refractivity contribution >= 4 is 33.3 Å². The van der Waals surface area contributed by atoms with Gasteiger partial charge in [-0.15, -0.1) is 0 Å². The molecule has 9 nitrogen and oxygen atoms in total. The maximum absolute atomic E-state index is 12.4. The number of esters is 1. The van der Waals surface area contributed by atoms with Gasteiger partial charge in [0.1, 0.15) is 11.6 Å². The second-order valence-corrected chi connectivity index (χ2v) is 7.17. The van der Waals surface area contributed by atoms with Gasteiger partial charge in [-0.2, -0.15) is 5.26 Å². The van der Waals surface area contributed by atoms with Crippen molar-refractivity contribution < 1.29 is 22.7 Å². The summed E-state index contributed by atoms with van der Waals surface area (Å²) in [5, 5.41) is 19.5. The average Bonchev–Trinajstić information content (AvgIpc) is 2.68. The number of para-hydroxylation sites is 1. The third-order valence-corrected chi connectivity index (χ3v) is 4.53. The van der Waals surface area contributed by atoms with E-state index in [2.05, 4.69) is 10.6 Å². The fourth-order valence-corrected chi connectivity index (χ4v) is 2.73. The summed E-state index contributed by atoms with van der Waals surface area (Å²) >= 11 is 0. The van der Waals surface area contributed by atoms with Crippen molar-refractivity contribution in [1.82, 2.24) is 0 Å². The smallest absolute Gasteiger partial charge is 0.340 e. The molecule has 0 aliphatic heterocycles. The van der Waals surface area contributed by atoms with Gasteiger partial charge < -0.3 is 15.4 Å². The Bertz CT molecular complexity index is 1090. The van der Waals surface area contributed by atoms with Gasteiger partial charge in [-0.05, 0) is 43.3 Å². The van der Waals surface area contributed by atoms with E-state index >= 15 is 0 Å². The van der Waals surface area contributed by atoms with Crippen LogP contribution in [0.5, 0.6) is 0 Å². The van der Waals surface area contributed by atoms with E-state index in [1.807, 2.05) is 0 Å². The molecule has 2 aromatic carbocycles. The first-order valence-corrected chi connectivity index (χ1v) is 9.88. The van der Waals surface area contributed by atoms with Crippen molar-refractivity contribution in [3.8, 4) is 6.07 Å². The van der Waals surface area contributed by atoms with Crippen molar-refractivity contribution in [3.05, 3.63) is 65.9 Å². The third-order valence-electron chi connectivity index (χ3n) is 3.60. The van der Waals surface area contributed by atoms with Crippen LogP contribution in [0.3, 0.4) is 0 Å². The van der Waals surface area contributed by atoms with Crippen LogP contribution in [-0.4, -0.2) is 26.9 Å². The van der Waals surface area contributed by atoms with Gasteiger partial charge in [0.25, 0.3) is 5.91 Å². The number of hydrogen-bond acceptors (Lipinski definition) is 7. The van der Waals surface area contributed by atoms with Gasteiger partial charge in [0.05, 0.1) is 22.8 Å². The lowest BCUT2D eigenvalue weighted by molar-refractivity contribution is -0.112. The summed E-state index contributed by atoms with van der Waals surface area (Å²) in [6.07, 6.45) is 1.16. The Labute approximate surface area is 167 Å². The van der Waals surface area contributed by atoms with Crippen LogP contribution in [0.15, 0.2) is 65.2 Å². The van der Waals surface area contributed by atoms with Gasteiger partial charge in [0.15, 0.2) is 0 Å². The van der Waals surface area contributed by atoms with Gasteiger partial charge in [0, 0.05) is 11.9 Å². The number of carbonyl (C=O) groups excluding carboxylic acids is 2. The largest absolute Gasteiger partial charge is 0.462 e. The molecule has 0 unspecified atom stereocenters. The first-order chi connectivity index (χ1) is 13.8. The minimum absolute atomic E-state index is 0.0687. The van der Waals surface area contributed by atoms with Crippen LogP contribution >= 0.6 is 0 Å². The van der Waals surface area contributed by atoms with E-state index in [9.17, 15) is 23.3 Å². The average molecular weight is 414 g/mol. The number of amides is 1. The second kappa shape index (κ2) is 9.50. The number of primary sulfonamides is 1. The normalized spacial score (nSPS) is 11.3. The summed E-state index contributed by atoms with van der Waals surface area (Å²) in [6.45, 7) is 1.84. The zero-order chi connectivity index (χ0) is 21.4. The molecule has 29 heavy (non-hydrogen) atoms. The zero-order valence-corrected chi connectivity index (χ0v) is 16.2. The molecule has 0 heterocycles. The number of nitrogens with one attached hydrogen (secondary N) is 2. The number of carbonyl (C=O) groups is 2. The highest BCUT2D eigenvalue weighted by Crippen LogP contribution is 2.18. The van der Waals surface area contributed by atoms with Crippen LogP contribution < -0.4 is 15.8 Å². The molecule has 0 fully saturated rings. The van der Waals surface area contributed by atoms with Crippen LogP contribution in [0.2, 0.25) is 0 Å². The van der Waals surface area contributed by atoms with Crippen molar-refractivity contribution in [2.75, 3.05) is 17.2 Å². The predicted molar refractivity (Wildman–Crippen MR) is 106 cm³/mol. The van der Waals surface area contributed by atoms with Crippen molar-refractivity contribution in [3.63, 3.8) is 0 Å². The molecule has 0 bridgehead atoms. The van der Waals surface area contributed by atoms with Gasteiger partial charge in [-0.3, -0.25) is 4.79 Å². The maximum atomic E-state index is 12.4. The maximum Gasteiger partial charge on any atom is 0.340 e. The Hall–Kier alpha value is -3.68. The molecule has 0 spiro atoms. The molecule has 0 radical (unpaired) electrons. The molecule has 1 amide bonds. The Morgan fingerprint density at radius 1 is 1.17 bits per heavy atom. The lowest BCUT2D eigenvalue weighted by Gasteiger charge is -2.10. The van der Waals surface area contributed by atoms with Crippen LogP contribution in [0.25, 0.3) is 0 Å². The molecular weight excluding hydrogens is 396 g/mol. The Kier molecular flexibility index (Phi) is 7.08. The Morgan fingerprint density at radius 2 is 1.83 bits per heavy atom. The highest BCUT2D eigenvalue weighted by atomic mass is 32.2. The summed E-state index contributed by atoms with van der Waals surface area (Å²) in [6, 6.07) is 13.4. The highest BCUT2D eigenvalue weighted by Gasteiger charge is 2.16. The number of rotatable bonds is 7. The van der Waals surface area contributed by atoms with E-state index in [4.69, 9.17) is 9.88 Å². The summed E-state index contributed by atoms with van der Waals surface area (Å²) in [4.78, 5) is 24.3. The lowest BCUT2D eigenvalue weighted by atomic mass is 10.1. The monoisotopic (exact) mass is 414 g/mol. The fraction of sp³-hybridized carbons (Fsp3) is 0.105. The van der Waals surface area contributed by atoms with Crippen LogP contribution in [0, 0.1) is 11.3 Å². The van der Waals surface area contributed by atoms with E-state index in [-0.39, 0.29) is 28.3 Å². The summed E-state index contributed by atoms with van der Waals surface area (Å²) < 4.78 is 27.4. The number of nitrogens with zero attached hydrogens (tertiary/aromatic N) is 1. The molecule has 150 valence electrons. The van der Waals surface area contributed by atoms with E-state index in [1.165, 1.54) is 36.4 Å². The quantitative estimate of drug-likeness (QED) is 0.356. The molecule has 0 aliphatic rings. The summed E-state index contributed by atoms with van der Waals surface area (Å²) in [5.74, 6) is -1.34. The SMILES string of the molecule is CCOC(=O)c1ccccc1NC(=O)/C(C#N)=C\Nc1ccc(S(N)(=O)=O)cc1. The van der Waals surface area contributed by atoms with Crippen molar-refractivity contribution in [1.29, 1.82) is 5.26 Å². The lowest BCUT2D eigenvalue weighted by Crippen LogP contribution is -2.17. The number of ether oxygens (including phenoxy) is 1. The molecule has 4 N–H and O–H groups in total. The molecular formula is C19H18N4O5S. The Balaban J connectivity index is 2.15. The minimum Gasteiger partial charge on any atom is -0.462 e. The van der Waals surface area contributed by atoms with E-state index in [0.29, 0.717) is 5.69 Å². The number of nitrogens with two attached hydrogens (primary N) is 1. The van der Waals surface area contributed by atoms with Crippen LogP contribution in [0.1, 0.15) is 17.3 Å². The molecule has 2 rings (SSSR count). The number of nitriles is 1. The number of anilines is 2. The standard InChI is InChI=1S/C19H18N4O5S/c1-2-28-19(25)16-5-3-4-6-17(16)23-18(24)13(11-20)12-22-14-7-9-15(10-8-14)29(21,26)27/h3-10,12,22H,2H2,1H3,(H,23,24)(H2,21,26,27)/b13-12-. The van der Waals surface area contributed by atoms with E-state index < -0.39 is 21.9 Å². The highest BCUT2D eigenvalue weighted by molar-refractivity contribution is 7.89. The van der Waals surface area contributed by atoms with Crippen LogP contribution in [0.4, 0.5) is 11.4 Å². The summed E-state index contributed by atoms with van der Waals surface area (Å²) in [7, 11) is -3.82. The van der Waals surface area contributed by atoms with E-state index in [1.54, 1.807) is 25.1 Å². The molecule has 0 aromatic heterocycles. The van der Waals surface area contributed by atoms with Crippen molar-refractivity contribution in [2.24, 2.45) is 5.14 Å². The fourth-order valence-electron chi connectivity index (χ4n) is 2.21. The summed E-state index contributed by atoms with van der Waals surface area (Å²) in [5.41, 5.74) is 0.533. The third kappa shape index (κ3) is 5.90. The molecule has 0 saturated heterocycles. The molecule has 0 saturated carbocycles. The zero-order valence-electron chi connectivity index (χ0n) is 15.4. The van der Waals surface area contributed by atoms with Gasteiger partial charge in [-0.1, -0.05) is 12.1 Å². The number of benzene rings is 2. The van der Waals surface area contributed by atoms with Crippen LogP contribution in [-0.2, 0) is 19.6 Å².